The number of hydrogen-bond donors (Lipinski definition) is 5. The van der Waals surface area contributed by atoms with E-state index in [1.807, 2.05) is 0 Å². The van der Waals surface area contributed by atoms with E-state index < -0.39 is 119 Å². The van der Waals surface area contributed by atoms with Crippen LogP contribution in [0.2, 0.25) is 0 Å². The smallest absolute Gasteiger partial charge is 0.338 e. The molecule has 11 atom stereocenters. The molecule has 0 spiro atoms. The summed E-state index contributed by atoms with van der Waals surface area (Å²) in [4.78, 5) is 92.7. The summed E-state index contributed by atoms with van der Waals surface area (Å²) in [7, 11) is 0. The van der Waals surface area contributed by atoms with Gasteiger partial charge in [0, 0.05) is 43.7 Å². The van der Waals surface area contributed by atoms with Crippen molar-refractivity contribution in [1.29, 1.82) is 0 Å². The molecule has 4 aliphatic rings. The molecule has 1 amide bonds. The minimum atomic E-state index is -2.39. The first-order valence-electron chi connectivity index (χ1n) is 21.6. The summed E-state index contributed by atoms with van der Waals surface area (Å²) in [6, 6.07) is 22.9. The molecule has 0 unspecified atom stereocenters. The predicted octanol–water partition coefficient (Wildman–Crippen LogP) is 3.99. The van der Waals surface area contributed by atoms with Crippen LogP contribution in [0.4, 0.5) is 0 Å². The Morgan fingerprint density at radius 1 is 0.851 bits per heavy atom. The number of aliphatic hydroxyl groups excluding tert-OH is 2. The van der Waals surface area contributed by atoms with Crippen LogP contribution in [-0.2, 0) is 47.7 Å². The summed E-state index contributed by atoms with van der Waals surface area (Å²) in [6.07, 6.45) is -9.68. The van der Waals surface area contributed by atoms with Gasteiger partial charge in [-0.15, -0.1) is 0 Å². The van der Waals surface area contributed by atoms with E-state index in [1.54, 1.807) is 92.7 Å². The fourth-order valence-electron chi connectivity index (χ4n) is 10.2. The molecule has 1 aliphatic heterocycles. The maximum absolute atomic E-state index is 15.5. The standard InChI is InChI=1S/C47H51NO14.C3H4O2/c1-25-31(60-43(56)36(52)35(28-16-10-7-11-17-28)48-41(54)29-18-12-8-13-19-29)23-47(57)40(61-42(55)30-20-14-9-15-21-30)38-45(6,32(51)22-33-46(38,24-58-33)62-27(3)50)39(53)37(59-26(2)49)34(25)44(47,4)5;1-2-3(4)5/h7-21,31-33,35-38,40,51-52,57H,22-24H2,1-6H3,(H,48,54);2H,1H2,(H,4,5)/t31-,32-,33+,35-,36+,37+,38-,40-,45+,46-,47+;/m0./s1. The molecule has 7 rings (SSSR count). The Kier molecular flexibility index (Phi) is 14.4. The van der Waals surface area contributed by atoms with E-state index in [9.17, 15) is 44.1 Å². The van der Waals surface area contributed by atoms with Crippen molar-refractivity contribution in [3.63, 3.8) is 0 Å². The molecule has 17 nitrogen and oxygen atoms in total. The van der Waals surface area contributed by atoms with Crippen molar-refractivity contribution in [2.24, 2.45) is 16.7 Å². The molecule has 67 heavy (non-hydrogen) atoms. The lowest BCUT2D eigenvalue weighted by Gasteiger charge is -2.67. The predicted molar refractivity (Wildman–Crippen MR) is 236 cm³/mol. The summed E-state index contributed by atoms with van der Waals surface area (Å²) < 4.78 is 30.3. The minimum Gasteiger partial charge on any atom is -0.478 e. The van der Waals surface area contributed by atoms with Gasteiger partial charge in [-0.1, -0.05) is 87.2 Å². The van der Waals surface area contributed by atoms with Crippen LogP contribution in [-0.4, -0.2) is 116 Å². The van der Waals surface area contributed by atoms with E-state index in [0.29, 0.717) is 5.56 Å². The highest BCUT2D eigenvalue weighted by molar-refractivity contribution is 5.96. The van der Waals surface area contributed by atoms with Crippen LogP contribution in [0.3, 0.4) is 0 Å². The summed E-state index contributed by atoms with van der Waals surface area (Å²) in [6.45, 7) is 10.9. The van der Waals surface area contributed by atoms with Crippen LogP contribution in [0.15, 0.2) is 115 Å². The van der Waals surface area contributed by atoms with Crippen molar-refractivity contribution in [3.8, 4) is 0 Å². The first-order chi connectivity index (χ1) is 31.5. The van der Waals surface area contributed by atoms with E-state index in [4.69, 9.17) is 28.8 Å². The highest BCUT2D eigenvalue weighted by atomic mass is 16.6. The van der Waals surface area contributed by atoms with Crippen molar-refractivity contribution >= 4 is 41.5 Å². The molecule has 1 saturated heterocycles. The van der Waals surface area contributed by atoms with Crippen LogP contribution in [0, 0.1) is 16.7 Å². The van der Waals surface area contributed by atoms with E-state index in [1.165, 1.54) is 26.0 Å². The number of carboxylic acid groups (broad SMARTS) is 1. The van der Waals surface area contributed by atoms with Gasteiger partial charge in [-0.2, -0.15) is 0 Å². The Morgan fingerprint density at radius 2 is 1.40 bits per heavy atom. The molecule has 3 fully saturated rings. The zero-order valence-corrected chi connectivity index (χ0v) is 37.9. The lowest BCUT2D eigenvalue weighted by atomic mass is 9.44. The van der Waals surface area contributed by atoms with Gasteiger partial charge in [0.15, 0.2) is 23.6 Å². The van der Waals surface area contributed by atoms with Gasteiger partial charge in [0.2, 0.25) is 0 Å². The number of esters is 4. The molecular formula is C50H55NO16. The molecule has 2 bridgehead atoms. The SMILES string of the molecule is C=CC(=O)O.CC(=O)O[C@H]1C(=O)[C@@]2(C)[C@H]([C@H](OC(=O)c3ccccc3)[C@]3(O)C[C@H](OC(=O)[C@H](O)[C@@H](NC(=O)c4ccccc4)c4ccccc4)C(C)=C1C3(C)C)[C@]1(OC(C)=O)CO[C@@H]1C[C@@H]2O. The van der Waals surface area contributed by atoms with Crippen LogP contribution < -0.4 is 5.32 Å². The van der Waals surface area contributed by atoms with Gasteiger partial charge in [-0.05, 0) is 54.8 Å². The van der Waals surface area contributed by atoms with Crippen LogP contribution in [0.25, 0.3) is 0 Å². The Bertz CT molecular complexity index is 2440. The topological polar surface area (TPSA) is 259 Å². The Morgan fingerprint density at radius 3 is 1.91 bits per heavy atom. The van der Waals surface area contributed by atoms with Crippen molar-refractivity contribution in [2.75, 3.05) is 6.61 Å². The van der Waals surface area contributed by atoms with Crippen LogP contribution in [0.1, 0.15) is 86.7 Å². The molecular weight excluding hydrogens is 871 g/mol. The number of fused-ring (bicyclic) bond motifs is 5. The molecule has 5 N–H and O–H groups in total. The monoisotopic (exact) mass is 925 g/mol. The second-order valence-corrected chi connectivity index (χ2v) is 17.9. The normalized spacial score (nSPS) is 30.0. The molecule has 3 aliphatic carbocycles. The largest absolute Gasteiger partial charge is 0.478 e. The average molecular weight is 926 g/mol. The van der Waals surface area contributed by atoms with Crippen LogP contribution in [0.5, 0.6) is 0 Å². The number of ketones is 1. The summed E-state index contributed by atoms with van der Waals surface area (Å²) in [5, 5.41) is 47.8. The van der Waals surface area contributed by atoms with Gasteiger partial charge in [-0.25, -0.2) is 14.4 Å². The van der Waals surface area contributed by atoms with Crippen molar-refractivity contribution in [1.82, 2.24) is 5.32 Å². The third-order valence-corrected chi connectivity index (χ3v) is 13.7. The van der Waals surface area contributed by atoms with Crippen molar-refractivity contribution in [2.45, 2.75) is 108 Å². The van der Waals surface area contributed by atoms with Gasteiger partial charge in [-0.3, -0.25) is 19.2 Å². The Hall–Kier alpha value is -6.53. The summed E-state index contributed by atoms with van der Waals surface area (Å²) in [5.74, 6) is -7.82. The van der Waals surface area contributed by atoms with Gasteiger partial charge < -0.3 is 49.4 Å². The van der Waals surface area contributed by atoms with E-state index >= 15 is 4.79 Å². The third kappa shape index (κ3) is 9.16. The molecule has 2 saturated carbocycles. The number of carboxylic acids is 1. The Balaban J connectivity index is 0.00000141. The molecule has 0 radical (unpaired) electrons. The summed E-state index contributed by atoms with van der Waals surface area (Å²) >= 11 is 0. The van der Waals surface area contributed by atoms with Gasteiger partial charge in [0.05, 0.1) is 35.6 Å². The molecule has 0 aromatic heterocycles. The number of aliphatic carboxylic acids is 1. The molecule has 356 valence electrons. The first-order valence-corrected chi connectivity index (χ1v) is 21.6. The lowest BCUT2D eigenvalue weighted by Crippen LogP contribution is -2.82. The number of ether oxygens (including phenoxy) is 5. The van der Waals surface area contributed by atoms with Crippen LogP contribution >= 0.6 is 0 Å². The second kappa shape index (κ2) is 19.4. The maximum Gasteiger partial charge on any atom is 0.338 e. The van der Waals surface area contributed by atoms with Gasteiger partial charge in [0.25, 0.3) is 5.91 Å². The van der Waals surface area contributed by atoms with E-state index in [-0.39, 0.29) is 35.3 Å². The van der Waals surface area contributed by atoms with Crippen molar-refractivity contribution < 1.29 is 77.7 Å². The zero-order valence-electron chi connectivity index (χ0n) is 37.9. The fraction of sp³-hybridized carbons (Fsp3) is 0.420. The number of Topliss-reactive ketones (excluding diaryl/α,β-unsaturated/α-hetero) is 1. The van der Waals surface area contributed by atoms with Gasteiger partial charge in [0.1, 0.15) is 23.9 Å². The van der Waals surface area contributed by atoms with Gasteiger partial charge >= 0.3 is 29.8 Å². The summed E-state index contributed by atoms with van der Waals surface area (Å²) in [5.41, 5.74) is -7.02. The number of carbonyl (C=O) groups is 7. The zero-order chi connectivity index (χ0) is 49.2. The number of benzene rings is 3. The number of carbonyl (C=O) groups excluding carboxylic acids is 6. The maximum atomic E-state index is 15.5. The molecule has 3 aromatic rings. The highest BCUT2D eigenvalue weighted by Crippen LogP contribution is 2.64. The first kappa shape index (κ1) is 49.9. The van der Waals surface area contributed by atoms with Crippen molar-refractivity contribution in [3.05, 3.63) is 131 Å². The fourth-order valence-corrected chi connectivity index (χ4v) is 10.2. The minimum absolute atomic E-state index is 0.00289. The number of hydrogen-bond acceptors (Lipinski definition) is 15. The number of nitrogens with one attached hydrogen (secondary N) is 1. The lowest BCUT2D eigenvalue weighted by molar-refractivity contribution is -0.346. The number of rotatable bonds is 11. The molecule has 3 aromatic carbocycles. The number of amides is 1. The third-order valence-electron chi connectivity index (χ3n) is 13.7. The van der Waals surface area contributed by atoms with E-state index in [2.05, 4.69) is 11.9 Å². The molecule has 1 heterocycles. The quantitative estimate of drug-likeness (QED) is 0.0788. The average Bonchev–Trinajstić information content (AvgIpc) is 3.29. The number of aliphatic hydroxyl groups is 3. The molecule has 17 heteroatoms. The highest BCUT2D eigenvalue weighted by Gasteiger charge is 2.78. The second-order valence-electron chi connectivity index (χ2n) is 17.9. The Labute approximate surface area is 386 Å². The van der Waals surface area contributed by atoms with E-state index in [0.717, 1.165) is 19.9 Å².